The maximum absolute atomic E-state index is 14.0. The molecule has 3 N–H and O–H groups in total. The van der Waals surface area contributed by atoms with Gasteiger partial charge in [-0.2, -0.15) is 13.2 Å². The molecule has 266 valence electrons. The molecule has 2 atom stereocenters. The minimum absolute atomic E-state index is 0.0423. The zero-order chi connectivity index (χ0) is 34.7. The zero-order valence-electron chi connectivity index (χ0n) is 27.5. The molecule has 0 spiro atoms. The van der Waals surface area contributed by atoms with E-state index in [0.717, 1.165) is 43.2 Å². The van der Waals surface area contributed by atoms with Crippen molar-refractivity contribution in [1.82, 2.24) is 19.6 Å². The highest BCUT2D eigenvalue weighted by Crippen LogP contribution is 2.38. The van der Waals surface area contributed by atoms with Crippen LogP contribution in [0.4, 0.5) is 29.3 Å². The average Bonchev–Trinajstić information content (AvgIpc) is 3.27. The molecule has 0 saturated carbocycles. The third-order valence-corrected chi connectivity index (χ3v) is 10.7. The summed E-state index contributed by atoms with van der Waals surface area (Å²) in [4.78, 5) is 48.5. The van der Waals surface area contributed by atoms with Crippen molar-refractivity contribution in [2.45, 2.75) is 63.2 Å². The molecule has 4 heterocycles. The number of urea groups is 1. The standard InChI is InChI=1S/C35H44ClF3N6O4/c36-29-20-23(19-28(32(29)40)35(37,38)39)18-25(33(47)44-15-13-42(14-16-44)27-5-3-17-49-22-27)21-31(46)43-10-8-26(9-11-43)45-12-7-24-4-1-2-6-30(24)41-34(45)48/h1-2,4,6,19-20,25-27H,3,5,7-18,21-22,40H2,(H,41,48)/t25-,27?/m0/s1. The van der Waals surface area contributed by atoms with Crippen LogP contribution in [0.5, 0.6) is 0 Å². The molecule has 4 aliphatic rings. The SMILES string of the molecule is Nc1c(Cl)cc(C[C@@H](CC(=O)N2CCC(N3CCc4ccccc4NC3=O)CC2)C(=O)N2CCN(C3CCCOC3)CC2)cc1C(F)(F)F. The Labute approximate surface area is 289 Å². The number of nitrogens with two attached hydrogens (primary N) is 1. The van der Waals surface area contributed by atoms with Gasteiger partial charge in [0.05, 0.1) is 28.8 Å². The van der Waals surface area contributed by atoms with Crippen molar-refractivity contribution in [3.8, 4) is 0 Å². The molecule has 14 heteroatoms. The Hall–Kier alpha value is -3.55. The number of amides is 4. The molecule has 10 nitrogen and oxygen atoms in total. The van der Waals surface area contributed by atoms with Crippen LogP contribution in [0, 0.1) is 5.92 Å². The molecule has 0 aromatic heterocycles. The van der Waals surface area contributed by atoms with Crippen molar-refractivity contribution >= 4 is 40.8 Å². The topological polar surface area (TPSA) is 111 Å². The second-order valence-corrected chi connectivity index (χ2v) is 13.9. The van der Waals surface area contributed by atoms with E-state index in [9.17, 15) is 27.6 Å². The van der Waals surface area contributed by atoms with Gasteiger partial charge in [-0.15, -0.1) is 0 Å². The number of carbonyl (C=O) groups is 3. The quantitative estimate of drug-likeness (QED) is 0.397. The lowest BCUT2D eigenvalue weighted by Crippen LogP contribution is -2.55. The lowest BCUT2D eigenvalue weighted by atomic mass is 9.91. The maximum atomic E-state index is 14.0. The number of halogens is 4. The molecule has 3 saturated heterocycles. The van der Waals surface area contributed by atoms with Crippen LogP contribution in [-0.4, -0.2) is 109 Å². The van der Waals surface area contributed by atoms with E-state index in [1.54, 1.807) is 9.80 Å². The van der Waals surface area contributed by atoms with E-state index in [1.165, 1.54) is 6.07 Å². The Morgan fingerprint density at radius 2 is 1.71 bits per heavy atom. The largest absolute Gasteiger partial charge is 0.418 e. The van der Waals surface area contributed by atoms with Crippen LogP contribution < -0.4 is 11.1 Å². The predicted octanol–water partition coefficient (Wildman–Crippen LogP) is 4.89. The van der Waals surface area contributed by atoms with Crippen LogP contribution in [0.2, 0.25) is 5.02 Å². The third kappa shape index (κ3) is 8.26. The van der Waals surface area contributed by atoms with Gasteiger partial charge in [0.1, 0.15) is 0 Å². The lowest BCUT2D eigenvalue weighted by molar-refractivity contribution is -0.143. The van der Waals surface area contributed by atoms with Crippen LogP contribution in [0.25, 0.3) is 0 Å². The fourth-order valence-electron chi connectivity index (χ4n) is 7.64. The molecule has 3 fully saturated rings. The Morgan fingerprint density at radius 3 is 2.41 bits per heavy atom. The number of nitrogens with zero attached hydrogens (tertiary/aromatic N) is 4. The maximum Gasteiger partial charge on any atom is 0.418 e. The summed E-state index contributed by atoms with van der Waals surface area (Å²) in [6, 6.07) is 10.1. The molecule has 1 unspecified atom stereocenters. The summed E-state index contributed by atoms with van der Waals surface area (Å²) in [6.45, 7) is 5.07. The van der Waals surface area contributed by atoms with Gasteiger partial charge in [0.2, 0.25) is 11.8 Å². The number of carbonyl (C=O) groups excluding carboxylic acids is 3. The first-order valence-corrected chi connectivity index (χ1v) is 17.5. The van der Waals surface area contributed by atoms with E-state index in [2.05, 4.69) is 10.2 Å². The van der Waals surface area contributed by atoms with Gasteiger partial charge >= 0.3 is 12.2 Å². The summed E-state index contributed by atoms with van der Waals surface area (Å²) in [6.07, 6.45) is -1.03. The molecular formula is C35H44ClF3N6O4. The highest BCUT2D eigenvalue weighted by molar-refractivity contribution is 6.33. The van der Waals surface area contributed by atoms with Crippen molar-refractivity contribution < 1.29 is 32.3 Å². The monoisotopic (exact) mass is 704 g/mol. The summed E-state index contributed by atoms with van der Waals surface area (Å²) in [5.74, 6) is -1.38. The van der Waals surface area contributed by atoms with Gasteiger partial charge in [0, 0.05) is 76.6 Å². The zero-order valence-corrected chi connectivity index (χ0v) is 28.3. The van der Waals surface area contributed by atoms with Crippen LogP contribution in [0.1, 0.15) is 48.8 Å². The molecule has 4 amide bonds. The van der Waals surface area contributed by atoms with E-state index in [4.69, 9.17) is 22.1 Å². The van der Waals surface area contributed by atoms with Crippen molar-refractivity contribution in [2.75, 3.05) is 70.1 Å². The number of benzene rings is 2. The fraction of sp³-hybridized carbons (Fsp3) is 0.571. The average molecular weight is 705 g/mol. The van der Waals surface area contributed by atoms with Crippen LogP contribution in [0.15, 0.2) is 36.4 Å². The molecule has 2 aromatic carbocycles. The molecule has 2 aromatic rings. The first-order chi connectivity index (χ1) is 23.5. The van der Waals surface area contributed by atoms with Gasteiger partial charge in [0.15, 0.2) is 0 Å². The fourth-order valence-corrected chi connectivity index (χ4v) is 7.88. The Bertz CT molecular complexity index is 1520. The highest BCUT2D eigenvalue weighted by Gasteiger charge is 2.37. The number of anilines is 2. The number of likely N-dealkylation sites (tertiary alicyclic amines) is 1. The van der Waals surface area contributed by atoms with Gasteiger partial charge in [-0.1, -0.05) is 29.8 Å². The van der Waals surface area contributed by atoms with E-state index >= 15 is 0 Å². The van der Waals surface area contributed by atoms with Crippen LogP contribution in [-0.2, 0) is 33.3 Å². The number of rotatable bonds is 7. The molecule has 6 rings (SSSR count). The second kappa shape index (κ2) is 15.1. The number of hydrogen-bond acceptors (Lipinski definition) is 6. The number of alkyl halides is 3. The predicted molar refractivity (Wildman–Crippen MR) is 180 cm³/mol. The highest BCUT2D eigenvalue weighted by atomic mass is 35.5. The molecule has 0 bridgehead atoms. The number of hydrogen-bond donors (Lipinski definition) is 2. The lowest BCUT2D eigenvalue weighted by Gasteiger charge is -2.41. The summed E-state index contributed by atoms with van der Waals surface area (Å²) in [5.41, 5.74) is 6.14. The van der Waals surface area contributed by atoms with Gasteiger partial charge in [-0.05, 0) is 67.9 Å². The molecule has 0 radical (unpaired) electrons. The number of piperazine rings is 1. The summed E-state index contributed by atoms with van der Waals surface area (Å²) in [7, 11) is 0. The first-order valence-electron chi connectivity index (χ1n) is 17.2. The number of piperidine rings is 1. The normalized spacial score (nSPS) is 21.9. The number of nitrogens with one attached hydrogen (secondary N) is 1. The van der Waals surface area contributed by atoms with Crippen molar-refractivity contribution in [3.63, 3.8) is 0 Å². The number of ether oxygens (including phenoxy) is 1. The molecule has 4 aliphatic heterocycles. The van der Waals surface area contributed by atoms with Gasteiger partial charge in [-0.25, -0.2) is 4.79 Å². The van der Waals surface area contributed by atoms with E-state index < -0.39 is 23.3 Å². The van der Waals surface area contributed by atoms with Gasteiger partial charge in [-0.3, -0.25) is 14.5 Å². The minimum Gasteiger partial charge on any atom is -0.397 e. The Kier molecular flexibility index (Phi) is 10.9. The van der Waals surface area contributed by atoms with Gasteiger partial charge in [0.25, 0.3) is 0 Å². The third-order valence-electron chi connectivity index (χ3n) is 10.4. The molecule has 0 aliphatic carbocycles. The summed E-state index contributed by atoms with van der Waals surface area (Å²) < 4.78 is 47.1. The Balaban J connectivity index is 1.12. The first kappa shape index (κ1) is 35.3. The van der Waals surface area contributed by atoms with Crippen molar-refractivity contribution in [1.29, 1.82) is 0 Å². The van der Waals surface area contributed by atoms with E-state index in [-0.39, 0.29) is 47.3 Å². The Morgan fingerprint density at radius 1 is 0.980 bits per heavy atom. The molecular weight excluding hydrogens is 661 g/mol. The van der Waals surface area contributed by atoms with E-state index in [1.807, 2.05) is 29.2 Å². The number of para-hydroxylation sites is 1. The van der Waals surface area contributed by atoms with Crippen molar-refractivity contribution in [2.24, 2.45) is 5.92 Å². The van der Waals surface area contributed by atoms with Crippen LogP contribution >= 0.6 is 11.6 Å². The second-order valence-electron chi connectivity index (χ2n) is 13.5. The smallest absolute Gasteiger partial charge is 0.397 e. The summed E-state index contributed by atoms with van der Waals surface area (Å²) in [5, 5.41) is 2.76. The van der Waals surface area contributed by atoms with Gasteiger partial charge < -0.3 is 30.5 Å². The minimum atomic E-state index is -4.73. The molecule has 49 heavy (non-hydrogen) atoms. The van der Waals surface area contributed by atoms with Crippen molar-refractivity contribution in [3.05, 3.63) is 58.1 Å². The number of nitrogen functional groups attached to an aromatic ring is 1. The number of fused-ring (bicyclic) bond motifs is 1. The summed E-state index contributed by atoms with van der Waals surface area (Å²) >= 11 is 6.13. The van der Waals surface area contributed by atoms with Crippen LogP contribution in [0.3, 0.4) is 0 Å². The van der Waals surface area contributed by atoms with E-state index in [0.29, 0.717) is 71.3 Å².